The van der Waals surface area contributed by atoms with Gasteiger partial charge in [-0.25, -0.2) is 4.98 Å². The number of aromatic amines is 1. The zero-order valence-corrected chi connectivity index (χ0v) is 11.1. The summed E-state index contributed by atoms with van der Waals surface area (Å²) >= 11 is 0. The van der Waals surface area contributed by atoms with E-state index in [1.54, 1.807) is 6.92 Å². The van der Waals surface area contributed by atoms with Gasteiger partial charge in [0.1, 0.15) is 18.1 Å². The average molecular weight is 265 g/mol. The topological polar surface area (TPSA) is 86.3 Å². The third-order valence-electron chi connectivity index (χ3n) is 3.52. The number of carbonyl (C=O) groups is 2. The second-order valence-corrected chi connectivity index (χ2v) is 5.00. The summed E-state index contributed by atoms with van der Waals surface area (Å²) in [6, 6.07) is 0.0287. The average Bonchev–Trinajstić information content (AvgIpc) is 2.83. The Bertz CT molecular complexity index is 463. The van der Waals surface area contributed by atoms with Gasteiger partial charge in [0.05, 0.1) is 6.20 Å². The lowest BCUT2D eigenvalue weighted by Gasteiger charge is -2.32. The largest absolute Gasteiger partial charge is 0.480 e. The van der Waals surface area contributed by atoms with Gasteiger partial charge in [0.2, 0.25) is 0 Å². The van der Waals surface area contributed by atoms with Gasteiger partial charge in [0, 0.05) is 6.04 Å². The lowest BCUT2D eigenvalue weighted by Crippen LogP contribution is -2.44. The molecule has 0 aromatic carbocycles. The molecule has 2 N–H and O–H groups in total. The van der Waals surface area contributed by atoms with E-state index in [9.17, 15) is 9.59 Å². The molecule has 19 heavy (non-hydrogen) atoms. The van der Waals surface area contributed by atoms with Crippen LogP contribution in [0, 0.1) is 6.92 Å². The molecule has 0 aliphatic heterocycles. The maximum absolute atomic E-state index is 12.4. The first-order chi connectivity index (χ1) is 9.08. The number of amides is 1. The fourth-order valence-electron chi connectivity index (χ4n) is 2.59. The van der Waals surface area contributed by atoms with Gasteiger partial charge in [-0.05, 0) is 19.8 Å². The molecule has 0 radical (unpaired) electrons. The monoisotopic (exact) mass is 265 g/mol. The van der Waals surface area contributed by atoms with E-state index < -0.39 is 5.97 Å². The number of aryl methyl sites for hydroxylation is 1. The highest BCUT2D eigenvalue weighted by Crippen LogP contribution is 2.23. The van der Waals surface area contributed by atoms with Crippen LogP contribution in [-0.2, 0) is 4.79 Å². The summed E-state index contributed by atoms with van der Waals surface area (Å²) < 4.78 is 0. The molecule has 1 aromatic rings. The van der Waals surface area contributed by atoms with Gasteiger partial charge < -0.3 is 15.0 Å². The van der Waals surface area contributed by atoms with E-state index in [1.165, 1.54) is 11.1 Å². The van der Waals surface area contributed by atoms with Crippen LogP contribution >= 0.6 is 0 Å². The van der Waals surface area contributed by atoms with Crippen LogP contribution in [0.1, 0.15) is 48.4 Å². The fourth-order valence-corrected chi connectivity index (χ4v) is 2.59. The van der Waals surface area contributed by atoms with Crippen molar-refractivity contribution in [2.75, 3.05) is 6.54 Å². The second-order valence-electron chi connectivity index (χ2n) is 5.00. The molecule has 6 heteroatoms. The van der Waals surface area contributed by atoms with Gasteiger partial charge in [0.15, 0.2) is 0 Å². The number of aromatic nitrogens is 2. The van der Waals surface area contributed by atoms with Crippen LogP contribution in [0.2, 0.25) is 0 Å². The van der Waals surface area contributed by atoms with E-state index in [2.05, 4.69) is 9.97 Å². The molecular weight excluding hydrogens is 246 g/mol. The van der Waals surface area contributed by atoms with Crippen LogP contribution in [0.15, 0.2) is 6.20 Å². The molecule has 0 unspecified atom stereocenters. The molecular formula is C13H19N3O3. The number of aliphatic carboxylic acids is 1. The fraction of sp³-hybridized carbons (Fsp3) is 0.615. The molecule has 0 atom stereocenters. The lowest BCUT2D eigenvalue weighted by atomic mass is 9.94. The van der Waals surface area contributed by atoms with Crippen molar-refractivity contribution in [2.45, 2.75) is 45.1 Å². The zero-order chi connectivity index (χ0) is 13.8. The quantitative estimate of drug-likeness (QED) is 0.865. The minimum absolute atomic E-state index is 0.0287. The van der Waals surface area contributed by atoms with E-state index in [1.807, 2.05) is 0 Å². The van der Waals surface area contributed by atoms with Crippen molar-refractivity contribution in [2.24, 2.45) is 0 Å². The molecule has 1 aliphatic carbocycles. The minimum atomic E-state index is -0.977. The standard InChI is InChI=1S/C13H19N3O3/c1-9-14-7-11(15-9)13(19)16(8-12(17)18)10-5-3-2-4-6-10/h7,10H,2-6,8H2,1H3,(H,14,15)(H,17,18). The molecule has 1 amide bonds. The molecule has 104 valence electrons. The first-order valence-electron chi connectivity index (χ1n) is 6.62. The van der Waals surface area contributed by atoms with E-state index in [-0.39, 0.29) is 18.5 Å². The van der Waals surface area contributed by atoms with Gasteiger partial charge in [-0.3, -0.25) is 9.59 Å². The van der Waals surface area contributed by atoms with Crippen LogP contribution in [0.25, 0.3) is 0 Å². The van der Waals surface area contributed by atoms with Gasteiger partial charge in [-0.15, -0.1) is 0 Å². The Hall–Kier alpha value is -1.85. The number of nitrogens with one attached hydrogen (secondary N) is 1. The van der Waals surface area contributed by atoms with Crippen molar-refractivity contribution in [1.29, 1.82) is 0 Å². The first kappa shape index (κ1) is 13.6. The van der Waals surface area contributed by atoms with Gasteiger partial charge in [-0.2, -0.15) is 0 Å². The van der Waals surface area contributed by atoms with Crippen LogP contribution in [-0.4, -0.2) is 44.4 Å². The van der Waals surface area contributed by atoms with Crippen molar-refractivity contribution in [3.63, 3.8) is 0 Å². The second kappa shape index (κ2) is 5.86. The minimum Gasteiger partial charge on any atom is -0.480 e. The number of rotatable bonds is 4. The number of carbonyl (C=O) groups excluding carboxylic acids is 1. The smallest absolute Gasteiger partial charge is 0.323 e. The molecule has 1 heterocycles. The number of nitrogens with zero attached hydrogens (tertiary/aromatic N) is 2. The first-order valence-corrected chi connectivity index (χ1v) is 6.62. The van der Waals surface area contributed by atoms with E-state index in [0.29, 0.717) is 11.5 Å². The number of imidazole rings is 1. The SMILES string of the molecule is Cc1ncc(C(=O)N(CC(=O)O)C2CCCCC2)[nH]1. The number of carboxylic acids is 1. The van der Waals surface area contributed by atoms with Crippen molar-refractivity contribution in [1.82, 2.24) is 14.9 Å². The molecule has 2 rings (SSSR count). The van der Waals surface area contributed by atoms with Gasteiger partial charge in [0.25, 0.3) is 5.91 Å². The Morgan fingerprint density at radius 2 is 2.11 bits per heavy atom. The predicted octanol–water partition coefficient (Wildman–Crippen LogP) is 1.58. The zero-order valence-electron chi connectivity index (χ0n) is 11.1. The highest BCUT2D eigenvalue weighted by Gasteiger charge is 2.28. The Balaban J connectivity index is 2.16. The summed E-state index contributed by atoms with van der Waals surface area (Å²) in [6.07, 6.45) is 6.49. The van der Waals surface area contributed by atoms with E-state index in [0.717, 1.165) is 32.1 Å². The van der Waals surface area contributed by atoms with Gasteiger partial charge in [-0.1, -0.05) is 19.3 Å². The van der Waals surface area contributed by atoms with Crippen molar-refractivity contribution in [3.8, 4) is 0 Å². The van der Waals surface area contributed by atoms with E-state index >= 15 is 0 Å². The molecule has 1 saturated carbocycles. The van der Waals surface area contributed by atoms with Crippen molar-refractivity contribution < 1.29 is 14.7 Å². The highest BCUT2D eigenvalue weighted by molar-refractivity contribution is 5.94. The normalized spacial score (nSPS) is 16.3. The number of H-pyrrole nitrogens is 1. The van der Waals surface area contributed by atoms with Crippen molar-refractivity contribution in [3.05, 3.63) is 17.7 Å². The van der Waals surface area contributed by atoms with Crippen LogP contribution < -0.4 is 0 Å². The molecule has 1 aliphatic rings. The van der Waals surface area contributed by atoms with Crippen molar-refractivity contribution >= 4 is 11.9 Å². The molecule has 0 saturated heterocycles. The summed E-state index contributed by atoms with van der Waals surface area (Å²) in [6.45, 7) is 1.51. The summed E-state index contributed by atoms with van der Waals surface area (Å²) in [5.74, 6) is -0.590. The number of hydrogen-bond acceptors (Lipinski definition) is 3. The van der Waals surface area contributed by atoms with E-state index in [4.69, 9.17) is 5.11 Å². The van der Waals surface area contributed by atoms with Crippen LogP contribution in [0.3, 0.4) is 0 Å². The summed E-state index contributed by atoms with van der Waals surface area (Å²) in [5, 5.41) is 9.00. The lowest BCUT2D eigenvalue weighted by molar-refractivity contribution is -0.138. The molecule has 6 nitrogen and oxygen atoms in total. The number of carboxylic acid groups (broad SMARTS) is 1. The maximum Gasteiger partial charge on any atom is 0.323 e. The molecule has 0 bridgehead atoms. The van der Waals surface area contributed by atoms with Gasteiger partial charge >= 0.3 is 5.97 Å². The molecule has 1 fully saturated rings. The Kier molecular flexibility index (Phi) is 4.19. The highest BCUT2D eigenvalue weighted by atomic mass is 16.4. The molecule has 0 spiro atoms. The van der Waals surface area contributed by atoms with Crippen LogP contribution in [0.5, 0.6) is 0 Å². The summed E-state index contributed by atoms with van der Waals surface area (Å²) in [7, 11) is 0. The Morgan fingerprint density at radius 3 is 2.63 bits per heavy atom. The maximum atomic E-state index is 12.4. The summed E-state index contributed by atoms with van der Waals surface area (Å²) in [4.78, 5) is 31.7. The Labute approximate surface area is 111 Å². The predicted molar refractivity (Wildman–Crippen MR) is 68.9 cm³/mol. The number of hydrogen-bond donors (Lipinski definition) is 2. The third kappa shape index (κ3) is 3.33. The Morgan fingerprint density at radius 1 is 1.42 bits per heavy atom. The summed E-state index contributed by atoms with van der Waals surface area (Å²) in [5.41, 5.74) is 0.365. The van der Waals surface area contributed by atoms with Crippen LogP contribution in [0.4, 0.5) is 0 Å². The third-order valence-corrected chi connectivity index (χ3v) is 3.52. The molecule has 1 aromatic heterocycles.